The van der Waals surface area contributed by atoms with Gasteiger partial charge < -0.3 is 10.2 Å². The second-order valence-corrected chi connectivity index (χ2v) is 6.76. The van der Waals surface area contributed by atoms with Gasteiger partial charge in [-0.3, -0.25) is 9.59 Å². The summed E-state index contributed by atoms with van der Waals surface area (Å²) in [7, 11) is 0. The van der Waals surface area contributed by atoms with E-state index < -0.39 is 5.41 Å². The quantitative estimate of drug-likeness (QED) is 0.881. The van der Waals surface area contributed by atoms with Gasteiger partial charge in [-0.05, 0) is 49.9 Å². The molecule has 2 aromatic carbocycles. The van der Waals surface area contributed by atoms with Crippen LogP contribution in [0.5, 0.6) is 0 Å². The van der Waals surface area contributed by atoms with Gasteiger partial charge >= 0.3 is 0 Å². The number of carbonyl (C=O) groups is 2. The molecule has 0 spiro atoms. The summed E-state index contributed by atoms with van der Waals surface area (Å²) in [5.74, 6) is -0.247. The minimum Gasteiger partial charge on any atom is -0.325 e. The number of fused-ring (bicyclic) bond motifs is 1. The Bertz CT molecular complexity index is 796. The topological polar surface area (TPSA) is 49.4 Å². The van der Waals surface area contributed by atoms with Crippen LogP contribution in [0.3, 0.4) is 0 Å². The molecule has 0 saturated heterocycles. The summed E-state index contributed by atoms with van der Waals surface area (Å²) >= 11 is 0. The van der Waals surface area contributed by atoms with E-state index in [9.17, 15) is 9.59 Å². The molecule has 2 amide bonds. The number of nitrogens with one attached hydrogen (secondary N) is 1. The van der Waals surface area contributed by atoms with Gasteiger partial charge in [-0.2, -0.15) is 0 Å². The maximum absolute atomic E-state index is 13.2. The summed E-state index contributed by atoms with van der Waals surface area (Å²) < 4.78 is 0. The number of hydrogen-bond acceptors (Lipinski definition) is 2. The largest absolute Gasteiger partial charge is 0.325 e. The van der Waals surface area contributed by atoms with Crippen molar-refractivity contribution in [3.05, 3.63) is 60.2 Å². The maximum atomic E-state index is 13.2. The van der Waals surface area contributed by atoms with Crippen molar-refractivity contribution in [2.24, 2.45) is 5.41 Å². The number of nitrogens with zero attached hydrogens (tertiary/aromatic N) is 1. The van der Waals surface area contributed by atoms with Gasteiger partial charge in [0, 0.05) is 17.4 Å². The Balaban J connectivity index is 1.59. The van der Waals surface area contributed by atoms with Crippen molar-refractivity contribution in [1.29, 1.82) is 0 Å². The molecule has 1 saturated carbocycles. The second-order valence-electron chi connectivity index (χ2n) is 6.76. The smallest absolute Gasteiger partial charge is 0.242 e. The van der Waals surface area contributed by atoms with Crippen molar-refractivity contribution in [3.8, 4) is 0 Å². The molecule has 1 N–H and O–H groups in total. The fourth-order valence-corrected chi connectivity index (χ4v) is 3.54. The van der Waals surface area contributed by atoms with Gasteiger partial charge in [0.25, 0.3) is 0 Å². The lowest BCUT2D eigenvalue weighted by molar-refractivity contribution is -0.132. The molecule has 24 heavy (non-hydrogen) atoms. The van der Waals surface area contributed by atoms with E-state index in [0.717, 1.165) is 17.8 Å². The number of amides is 2. The van der Waals surface area contributed by atoms with E-state index in [1.165, 1.54) is 5.56 Å². The molecule has 1 aliphatic heterocycles. The molecule has 1 atom stereocenters. The van der Waals surface area contributed by atoms with E-state index in [0.29, 0.717) is 12.8 Å². The summed E-state index contributed by atoms with van der Waals surface area (Å²) in [6.45, 7) is 2.04. The molecule has 4 heteroatoms. The second kappa shape index (κ2) is 5.48. The Kier molecular flexibility index (Phi) is 3.41. The molecular formula is C20H20N2O2. The molecule has 1 fully saturated rings. The first-order valence-electron chi connectivity index (χ1n) is 8.40. The molecule has 4 nitrogen and oxygen atoms in total. The average molecular weight is 320 g/mol. The predicted molar refractivity (Wildman–Crippen MR) is 93.8 cm³/mol. The molecule has 1 aliphatic carbocycles. The van der Waals surface area contributed by atoms with Crippen molar-refractivity contribution < 1.29 is 9.59 Å². The van der Waals surface area contributed by atoms with E-state index in [2.05, 4.69) is 11.4 Å². The molecular weight excluding hydrogens is 300 g/mol. The van der Waals surface area contributed by atoms with Crippen LogP contribution in [0.1, 0.15) is 25.3 Å². The maximum Gasteiger partial charge on any atom is 0.242 e. The zero-order valence-electron chi connectivity index (χ0n) is 13.7. The number of anilines is 2. The highest BCUT2D eigenvalue weighted by Crippen LogP contribution is 2.50. The van der Waals surface area contributed by atoms with Gasteiger partial charge in [-0.1, -0.05) is 36.4 Å². The van der Waals surface area contributed by atoms with Gasteiger partial charge in [0.1, 0.15) is 5.41 Å². The van der Waals surface area contributed by atoms with Crippen LogP contribution in [0.15, 0.2) is 54.6 Å². The normalized spacial score (nSPS) is 20.4. The molecule has 4 rings (SSSR count). The van der Waals surface area contributed by atoms with Gasteiger partial charge in [0.2, 0.25) is 11.8 Å². The third kappa shape index (κ3) is 2.30. The first kappa shape index (κ1) is 14.9. The van der Waals surface area contributed by atoms with Crippen LogP contribution in [0.4, 0.5) is 11.4 Å². The fraction of sp³-hybridized carbons (Fsp3) is 0.300. The van der Waals surface area contributed by atoms with Gasteiger partial charge in [-0.25, -0.2) is 0 Å². The lowest BCUT2D eigenvalue weighted by Gasteiger charge is -2.27. The first-order chi connectivity index (χ1) is 11.6. The van der Waals surface area contributed by atoms with Crippen LogP contribution in [0.25, 0.3) is 0 Å². The number of rotatable bonds is 3. The van der Waals surface area contributed by atoms with Crippen LogP contribution >= 0.6 is 0 Å². The summed E-state index contributed by atoms with van der Waals surface area (Å²) in [6.07, 6.45) is 2.09. The summed E-state index contributed by atoms with van der Waals surface area (Å²) in [5.41, 5.74) is 1.96. The van der Waals surface area contributed by atoms with Crippen molar-refractivity contribution in [3.63, 3.8) is 0 Å². The molecule has 0 aromatic heterocycles. The van der Waals surface area contributed by atoms with Crippen LogP contribution in [0.2, 0.25) is 0 Å². The summed E-state index contributed by atoms with van der Waals surface area (Å²) in [5, 5.41) is 2.90. The molecule has 2 aliphatic rings. The van der Waals surface area contributed by atoms with Crippen molar-refractivity contribution in [1.82, 2.24) is 0 Å². The molecule has 1 unspecified atom stereocenters. The monoisotopic (exact) mass is 320 g/mol. The van der Waals surface area contributed by atoms with Crippen LogP contribution < -0.4 is 10.2 Å². The Labute approximate surface area is 141 Å². The predicted octanol–water partition coefficient (Wildman–Crippen LogP) is 3.38. The number of hydrogen-bond donors (Lipinski definition) is 1. The third-order valence-electron chi connectivity index (χ3n) is 5.05. The van der Waals surface area contributed by atoms with Gasteiger partial charge in [0.15, 0.2) is 0 Å². The zero-order valence-corrected chi connectivity index (χ0v) is 13.7. The minimum absolute atomic E-state index is 0.0617. The molecule has 0 radical (unpaired) electrons. The van der Waals surface area contributed by atoms with Gasteiger partial charge in [-0.15, -0.1) is 0 Å². The Hall–Kier alpha value is -2.62. The van der Waals surface area contributed by atoms with Crippen LogP contribution in [0, 0.1) is 5.41 Å². The van der Waals surface area contributed by atoms with Crippen LogP contribution in [-0.2, 0) is 16.0 Å². The fourth-order valence-electron chi connectivity index (χ4n) is 3.54. The first-order valence-corrected chi connectivity index (χ1v) is 8.40. The SMILES string of the molecule is CC1Cc2ccccc2N1C(=O)C1(C(=O)Nc2ccccc2)CC1. The molecule has 0 bridgehead atoms. The average Bonchev–Trinajstić information content (AvgIpc) is 3.33. The van der Waals surface area contributed by atoms with E-state index in [4.69, 9.17) is 0 Å². The Morgan fingerprint density at radius 3 is 2.42 bits per heavy atom. The highest BCUT2D eigenvalue weighted by atomic mass is 16.2. The number of benzene rings is 2. The van der Waals surface area contributed by atoms with E-state index in [-0.39, 0.29) is 17.9 Å². The Morgan fingerprint density at radius 1 is 1.04 bits per heavy atom. The zero-order chi connectivity index (χ0) is 16.7. The van der Waals surface area contributed by atoms with Crippen molar-refractivity contribution in [2.45, 2.75) is 32.2 Å². The highest BCUT2D eigenvalue weighted by molar-refractivity contribution is 6.18. The summed E-state index contributed by atoms with van der Waals surface area (Å²) in [6, 6.07) is 17.4. The number of carbonyl (C=O) groups excluding carboxylic acids is 2. The molecule has 122 valence electrons. The van der Waals surface area contributed by atoms with E-state index in [1.807, 2.05) is 60.4 Å². The van der Waals surface area contributed by atoms with Crippen molar-refractivity contribution in [2.75, 3.05) is 10.2 Å². The lowest BCUT2D eigenvalue weighted by atomic mass is 10.0. The van der Waals surface area contributed by atoms with Crippen LogP contribution in [-0.4, -0.2) is 17.9 Å². The lowest BCUT2D eigenvalue weighted by Crippen LogP contribution is -2.45. The highest BCUT2D eigenvalue weighted by Gasteiger charge is 2.59. The van der Waals surface area contributed by atoms with E-state index in [1.54, 1.807) is 0 Å². The third-order valence-corrected chi connectivity index (χ3v) is 5.05. The Morgan fingerprint density at radius 2 is 1.71 bits per heavy atom. The van der Waals surface area contributed by atoms with Gasteiger partial charge in [0.05, 0.1) is 0 Å². The summed E-state index contributed by atoms with van der Waals surface area (Å²) in [4.78, 5) is 27.8. The van der Waals surface area contributed by atoms with Crippen molar-refractivity contribution >= 4 is 23.2 Å². The minimum atomic E-state index is -0.901. The number of para-hydroxylation sites is 2. The molecule has 2 aromatic rings. The standard InChI is InChI=1S/C20H20N2O2/c1-14-13-15-7-5-6-10-17(15)22(14)19(24)20(11-12-20)18(23)21-16-8-3-2-4-9-16/h2-10,14H,11-13H2,1H3,(H,21,23). The molecule has 1 heterocycles. The van der Waals surface area contributed by atoms with E-state index >= 15 is 0 Å².